The SMILES string of the molecule is O=C(Cn1c(-c2cccs2)noc1=O)Nc1ccc(Cl)cc1C(F)(F)F. The van der Waals surface area contributed by atoms with Gasteiger partial charge in [-0.05, 0) is 29.6 Å². The normalized spacial score (nSPS) is 11.5. The van der Waals surface area contributed by atoms with Crippen molar-refractivity contribution in [3.63, 3.8) is 0 Å². The largest absolute Gasteiger partial charge is 0.442 e. The predicted molar refractivity (Wildman–Crippen MR) is 89.2 cm³/mol. The van der Waals surface area contributed by atoms with Crippen LogP contribution in [0, 0.1) is 0 Å². The minimum atomic E-state index is -4.70. The number of aromatic nitrogens is 2. The number of benzene rings is 1. The third kappa shape index (κ3) is 3.81. The first-order valence-corrected chi connectivity index (χ1v) is 8.28. The number of alkyl halides is 3. The number of hydrogen-bond acceptors (Lipinski definition) is 5. The molecule has 0 aliphatic carbocycles. The first kappa shape index (κ1) is 18.2. The molecule has 6 nitrogen and oxygen atoms in total. The van der Waals surface area contributed by atoms with E-state index in [0.717, 1.165) is 10.6 Å². The van der Waals surface area contributed by atoms with Crippen molar-refractivity contribution in [2.75, 3.05) is 5.32 Å². The van der Waals surface area contributed by atoms with Crippen LogP contribution in [0.5, 0.6) is 0 Å². The summed E-state index contributed by atoms with van der Waals surface area (Å²) < 4.78 is 44.7. The first-order valence-electron chi connectivity index (χ1n) is 7.02. The summed E-state index contributed by atoms with van der Waals surface area (Å²) in [6.45, 7) is -0.560. The molecule has 11 heteroatoms. The standard InChI is InChI=1S/C15H9ClF3N3O3S/c16-8-3-4-10(9(6-8)15(17,18)19)20-12(23)7-22-13(21-25-14(22)24)11-2-1-5-26-11/h1-6H,7H2,(H,20,23). The molecular formula is C15H9ClF3N3O3S. The maximum absolute atomic E-state index is 13.1. The molecule has 0 aliphatic rings. The molecule has 0 spiro atoms. The van der Waals surface area contributed by atoms with Crippen molar-refractivity contribution in [1.82, 2.24) is 9.72 Å². The quantitative estimate of drug-likeness (QED) is 0.717. The molecule has 0 aliphatic heterocycles. The summed E-state index contributed by atoms with van der Waals surface area (Å²) >= 11 is 6.86. The zero-order chi connectivity index (χ0) is 18.9. The topological polar surface area (TPSA) is 77.1 Å². The Morgan fingerprint density at radius 2 is 2.12 bits per heavy atom. The minimum Gasteiger partial charge on any atom is -0.324 e. The highest BCUT2D eigenvalue weighted by atomic mass is 35.5. The minimum absolute atomic E-state index is 0.118. The molecule has 1 aromatic carbocycles. The van der Waals surface area contributed by atoms with E-state index in [1.165, 1.54) is 17.4 Å². The van der Waals surface area contributed by atoms with Gasteiger partial charge < -0.3 is 5.32 Å². The number of thiophene rings is 1. The van der Waals surface area contributed by atoms with Gasteiger partial charge >= 0.3 is 11.9 Å². The van der Waals surface area contributed by atoms with Gasteiger partial charge in [0.05, 0.1) is 16.1 Å². The predicted octanol–water partition coefficient (Wildman–Crippen LogP) is 3.88. The fraction of sp³-hybridized carbons (Fsp3) is 0.133. The fourth-order valence-corrected chi connectivity index (χ4v) is 3.07. The smallest absolute Gasteiger partial charge is 0.324 e. The van der Waals surface area contributed by atoms with E-state index >= 15 is 0 Å². The van der Waals surface area contributed by atoms with Gasteiger partial charge in [-0.3, -0.25) is 9.32 Å². The van der Waals surface area contributed by atoms with E-state index in [1.54, 1.807) is 17.5 Å². The van der Waals surface area contributed by atoms with Gasteiger partial charge in [-0.25, -0.2) is 9.36 Å². The Hall–Kier alpha value is -2.59. The number of carbonyl (C=O) groups is 1. The Kier molecular flexibility index (Phi) is 4.88. The summed E-state index contributed by atoms with van der Waals surface area (Å²) in [5.41, 5.74) is -1.55. The van der Waals surface area contributed by atoms with Crippen molar-refractivity contribution in [1.29, 1.82) is 0 Å². The van der Waals surface area contributed by atoms with Gasteiger partial charge in [0.25, 0.3) is 0 Å². The lowest BCUT2D eigenvalue weighted by Gasteiger charge is -2.14. The molecule has 3 aromatic rings. The van der Waals surface area contributed by atoms with Crippen molar-refractivity contribution in [3.05, 3.63) is 56.8 Å². The molecule has 0 saturated carbocycles. The number of halogens is 4. The van der Waals surface area contributed by atoms with Crippen molar-refractivity contribution >= 4 is 34.5 Å². The Balaban J connectivity index is 1.86. The van der Waals surface area contributed by atoms with Gasteiger partial charge in [0.1, 0.15) is 6.54 Å². The van der Waals surface area contributed by atoms with E-state index in [4.69, 9.17) is 11.6 Å². The van der Waals surface area contributed by atoms with Crippen LogP contribution in [0.1, 0.15) is 5.56 Å². The molecule has 0 atom stereocenters. The van der Waals surface area contributed by atoms with Crippen LogP contribution in [0.15, 0.2) is 45.0 Å². The monoisotopic (exact) mass is 403 g/mol. The third-order valence-corrected chi connectivity index (χ3v) is 4.39. The van der Waals surface area contributed by atoms with Crippen LogP contribution < -0.4 is 11.1 Å². The van der Waals surface area contributed by atoms with Crippen LogP contribution in [0.3, 0.4) is 0 Å². The second-order valence-corrected chi connectivity index (χ2v) is 6.46. The average molecular weight is 404 g/mol. The summed E-state index contributed by atoms with van der Waals surface area (Å²) in [6.07, 6.45) is -4.70. The van der Waals surface area contributed by atoms with E-state index in [0.29, 0.717) is 10.9 Å². The molecule has 0 bridgehead atoms. The fourth-order valence-electron chi connectivity index (χ4n) is 2.18. The lowest BCUT2D eigenvalue weighted by atomic mass is 10.1. The summed E-state index contributed by atoms with van der Waals surface area (Å²) in [5, 5.41) is 7.35. The van der Waals surface area contributed by atoms with Gasteiger partial charge in [0, 0.05) is 5.02 Å². The average Bonchev–Trinajstić information content (AvgIpc) is 3.19. The molecule has 136 valence electrons. The zero-order valence-electron chi connectivity index (χ0n) is 12.7. The number of hydrogen-bond donors (Lipinski definition) is 1. The molecule has 0 saturated heterocycles. The summed E-state index contributed by atoms with van der Waals surface area (Å²) in [5.74, 6) is -1.62. The van der Waals surface area contributed by atoms with E-state index in [2.05, 4.69) is 15.0 Å². The maximum atomic E-state index is 13.1. The summed E-state index contributed by atoms with van der Waals surface area (Å²) in [6, 6.07) is 6.35. The van der Waals surface area contributed by atoms with Crippen LogP contribution in [0.2, 0.25) is 5.02 Å². The number of amides is 1. The highest BCUT2D eigenvalue weighted by Gasteiger charge is 2.34. The van der Waals surface area contributed by atoms with Gasteiger partial charge in [-0.15, -0.1) is 11.3 Å². The van der Waals surface area contributed by atoms with E-state index < -0.39 is 35.6 Å². The molecule has 1 amide bonds. The Labute approximate surface area is 152 Å². The zero-order valence-corrected chi connectivity index (χ0v) is 14.3. The van der Waals surface area contributed by atoms with E-state index in [-0.39, 0.29) is 10.8 Å². The maximum Gasteiger partial charge on any atom is 0.442 e. The van der Waals surface area contributed by atoms with Crippen LogP contribution in [0.4, 0.5) is 18.9 Å². The van der Waals surface area contributed by atoms with Crippen LogP contribution in [-0.4, -0.2) is 15.6 Å². The second kappa shape index (κ2) is 6.96. The Morgan fingerprint density at radius 3 is 2.77 bits per heavy atom. The van der Waals surface area contributed by atoms with Crippen molar-refractivity contribution in [2.24, 2.45) is 0 Å². The van der Waals surface area contributed by atoms with Crippen molar-refractivity contribution in [3.8, 4) is 10.7 Å². The molecule has 2 heterocycles. The van der Waals surface area contributed by atoms with Crippen LogP contribution >= 0.6 is 22.9 Å². The molecule has 26 heavy (non-hydrogen) atoms. The highest BCUT2D eigenvalue weighted by Crippen LogP contribution is 2.36. The number of anilines is 1. The molecule has 0 fully saturated rings. The molecule has 3 rings (SSSR count). The van der Waals surface area contributed by atoms with E-state index in [9.17, 15) is 22.8 Å². The van der Waals surface area contributed by atoms with Crippen molar-refractivity contribution < 1.29 is 22.5 Å². The molecule has 1 N–H and O–H groups in total. The van der Waals surface area contributed by atoms with Crippen LogP contribution in [0.25, 0.3) is 10.7 Å². The number of nitrogens with one attached hydrogen (secondary N) is 1. The number of rotatable bonds is 4. The lowest BCUT2D eigenvalue weighted by Crippen LogP contribution is -2.26. The molecular weight excluding hydrogens is 395 g/mol. The highest BCUT2D eigenvalue weighted by molar-refractivity contribution is 7.13. The van der Waals surface area contributed by atoms with Crippen molar-refractivity contribution in [2.45, 2.75) is 12.7 Å². The van der Waals surface area contributed by atoms with Crippen LogP contribution in [-0.2, 0) is 17.5 Å². The molecule has 2 aromatic heterocycles. The van der Waals surface area contributed by atoms with E-state index in [1.807, 2.05) is 0 Å². The summed E-state index contributed by atoms with van der Waals surface area (Å²) in [7, 11) is 0. The van der Waals surface area contributed by atoms with Gasteiger partial charge in [0.15, 0.2) is 5.82 Å². The van der Waals surface area contributed by atoms with Gasteiger partial charge in [0.2, 0.25) is 5.91 Å². The van der Waals surface area contributed by atoms with Gasteiger partial charge in [-0.2, -0.15) is 13.2 Å². The van der Waals surface area contributed by atoms with Gasteiger partial charge in [-0.1, -0.05) is 22.8 Å². The number of carbonyl (C=O) groups excluding carboxylic acids is 1. The first-order chi connectivity index (χ1) is 12.3. The molecule has 0 radical (unpaired) electrons. The second-order valence-electron chi connectivity index (χ2n) is 5.07. The molecule has 0 unspecified atom stereocenters. The Bertz CT molecular complexity index is 996. The Morgan fingerprint density at radius 1 is 1.35 bits per heavy atom. The number of nitrogens with zero attached hydrogens (tertiary/aromatic N) is 2. The lowest BCUT2D eigenvalue weighted by molar-refractivity contribution is -0.137. The third-order valence-electron chi connectivity index (χ3n) is 3.29. The summed E-state index contributed by atoms with van der Waals surface area (Å²) in [4.78, 5) is 24.5.